The molecular weight excluding hydrogens is 322 g/mol. The van der Waals surface area contributed by atoms with E-state index in [0.29, 0.717) is 0 Å². The molecule has 0 spiro atoms. The van der Waals surface area contributed by atoms with E-state index in [1.54, 1.807) is 11.3 Å². The summed E-state index contributed by atoms with van der Waals surface area (Å²) in [6.45, 7) is 1.10. The number of rotatable bonds is 2. The number of hydrogen-bond acceptors (Lipinski definition) is 3. The summed E-state index contributed by atoms with van der Waals surface area (Å²) >= 11 is 5.04. The van der Waals surface area contributed by atoms with Crippen LogP contribution in [0.2, 0.25) is 0 Å². The molecule has 1 aromatic carbocycles. The highest BCUT2D eigenvalue weighted by atomic mass is 79.9. The number of aliphatic imine (C=N–C) groups is 1. The van der Waals surface area contributed by atoms with Gasteiger partial charge in [-0.2, -0.15) is 0 Å². The first-order valence-corrected chi connectivity index (χ1v) is 7.90. The van der Waals surface area contributed by atoms with Crippen LogP contribution in [0, 0.1) is 0 Å². The van der Waals surface area contributed by atoms with E-state index in [1.165, 1.54) is 6.42 Å². The van der Waals surface area contributed by atoms with E-state index in [2.05, 4.69) is 55.4 Å². The molecule has 3 nitrogen and oxygen atoms in total. The lowest BCUT2D eigenvalue weighted by molar-refractivity contribution is 0.550. The van der Waals surface area contributed by atoms with E-state index in [-0.39, 0.29) is 0 Å². The Kier molecular flexibility index (Phi) is 3.66. The van der Waals surface area contributed by atoms with Gasteiger partial charge < -0.3 is 4.90 Å². The van der Waals surface area contributed by atoms with Gasteiger partial charge in [0.15, 0.2) is 0 Å². The molecule has 0 N–H and O–H groups in total. The molecule has 1 saturated heterocycles. The summed E-state index contributed by atoms with van der Waals surface area (Å²) in [5.41, 5.74) is 2.13. The second kappa shape index (κ2) is 5.43. The Morgan fingerprint density at radius 1 is 1.32 bits per heavy atom. The maximum absolute atomic E-state index is 4.64. The largest absolute Gasteiger partial charge is 0.363 e. The number of likely N-dealkylation sites (tertiary alicyclic amines) is 1. The van der Waals surface area contributed by atoms with E-state index in [1.807, 2.05) is 12.1 Å². The van der Waals surface area contributed by atoms with Crippen LogP contribution < -0.4 is 0 Å². The van der Waals surface area contributed by atoms with Crippen molar-refractivity contribution in [3.8, 4) is 11.3 Å². The van der Waals surface area contributed by atoms with Gasteiger partial charge in [-0.25, -0.2) is 9.98 Å². The molecule has 0 atom stereocenters. The average molecular weight is 336 g/mol. The van der Waals surface area contributed by atoms with Crippen LogP contribution in [0.15, 0.2) is 39.1 Å². The fourth-order valence-electron chi connectivity index (χ4n) is 2.11. The van der Waals surface area contributed by atoms with Crippen molar-refractivity contribution >= 4 is 38.2 Å². The third kappa shape index (κ3) is 2.87. The molecule has 2 heterocycles. The summed E-state index contributed by atoms with van der Waals surface area (Å²) in [5.74, 6) is 1.15. The van der Waals surface area contributed by atoms with Crippen LogP contribution in [0.3, 0.4) is 0 Å². The summed E-state index contributed by atoms with van der Waals surface area (Å²) in [7, 11) is 2.09. The van der Waals surface area contributed by atoms with Crippen molar-refractivity contribution in [2.24, 2.45) is 4.99 Å². The van der Waals surface area contributed by atoms with Gasteiger partial charge in [-0.1, -0.05) is 28.1 Å². The van der Waals surface area contributed by atoms with E-state index in [4.69, 9.17) is 0 Å². The van der Waals surface area contributed by atoms with Crippen molar-refractivity contribution in [2.45, 2.75) is 12.8 Å². The van der Waals surface area contributed by atoms with Gasteiger partial charge >= 0.3 is 0 Å². The first-order chi connectivity index (χ1) is 9.22. The molecule has 3 rings (SSSR count). The molecule has 19 heavy (non-hydrogen) atoms. The number of nitrogens with zero attached hydrogens (tertiary/aromatic N) is 3. The maximum atomic E-state index is 4.64. The molecule has 5 heteroatoms. The number of amidine groups is 1. The predicted molar refractivity (Wildman–Crippen MR) is 84.2 cm³/mol. The standard InChI is InChI=1S/C14H14BrN3S/c1-18-8-2-3-13(18)17-14-16-12(9-19-14)10-4-6-11(15)7-5-10/h4-7,9H,2-3,8H2,1H3/b17-13+. The van der Waals surface area contributed by atoms with Crippen LogP contribution in [0.1, 0.15) is 12.8 Å². The van der Waals surface area contributed by atoms with Crippen molar-refractivity contribution in [3.63, 3.8) is 0 Å². The zero-order valence-corrected chi connectivity index (χ0v) is 13.0. The molecular formula is C14H14BrN3S. The SMILES string of the molecule is CN1CCC/C1=N\c1nc(-c2ccc(Br)cc2)cs1. The number of aromatic nitrogens is 1. The lowest BCUT2D eigenvalue weighted by Gasteiger charge is -2.09. The molecule has 0 radical (unpaired) electrons. The summed E-state index contributed by atoms with van der Waals surface area (Å²) < 4.78 is 1.08. The molecule has 98 valence electrons. The molecule has 0 amide bonds. The Morgan fingerprint density at radius 2 is 2.11 bits per heavy atom. The molecule has 2 aromatic rings. The van der Waals surface area contributed by atoms with E-state index < -0.39 is 0 Å². The average Bonchev–Trinajstić information content (AvgIpc) is 3.01. The van der Waals surface area contributed by atoms with Crippen molar-refractivity contribution in [3.05, 3.63) is 34.1 Å². The van der Waals surface area contributed by atoms with Crippen LogP contribution in [0.25, 0.3) is 11.3 Å². The first-order valence-electron chi connectivity index (χ1n) is 6.22. The Hall–Kier alpha value is -1.20. The summed E-state index contributed by atoms with van der Waals surface area (Å²) in [6.07, 6.45) is 2.25. The van der Waals surface area contributed by atoms with Crippen molar-refractivity contribution < 1.29 is 0 Å². The smallest absolute Gasteiger partial charge is 0.211 e. The molecule has 1 aliphatic rings. The highest BCUT2D eigenvalue weighted by molar-refractivity contribution is 9.10. The maximum Gasteiger partial charge on any atom is 0.211 e. The topological polar surface area (TPSA) is 28.5 Å². The Morgan fingerprint density at radius 3 is 2.79 bits per heavy atom. The summed E-state index contributed by atoms with van der Waals surface area (Å²) in [6, 6.07) is 8.20. The molecule has 0 unspecified atom stereocenters. The quantitative estimate of drug-likeness (QED) is 0.817. The number of halogens is 1. The zero-order valence-electron chi connectivity index (χ0n) is 10.6. The first kappa shape index (κ1) is 12.8. The Bertz CT molecular complexity index is 603. The van der Waals surface area contributed by atoms with E-state index >= 15 is 0 Å². The lowest BCUT2D eigenvalue weighted by atomic mass is 10.2. The van der Waals surface area contributed by atoms with Crippen LogP contribution in [0.4, 0.5) is 5.13 Å². The highest BCUT2D eigenvalue weighted by Gasteiger charge is 2.15. The van der Waals surface area contributed by atoms with Gasteiger partial charge in [0.2, 0.25) is 5.13 Å². The normalized spacial score (nSPS) is 17.4. The van der Waals surface area contributed by atoms with Crippen molar-refractivity contribution in [1.29, 1.82) is 0 Å². The minimum absolute atomic E-state index is 0.849. The summed E-state index contributed by atoms with van der Waals surface area (Å²) in [4.78, 5) is 11.4. The molecule has 1 aromatic heterocycles. The number of benzene rings is 1. The third-order valence-corrected chi connectivity index (χ3v) is 4.45. The van der Waals surface area contributed by atoms with Crippen LogP contribution >= 0.6 is 27.3 Å². The second-order valence-corrected chi connectivity index (χ2v) is 6.33. The van der Waals surface area contributed by atoms with Gasteiger partial charge in [0, 0.05) is 35.4 Å². The molecule has 1 fully saturated rings. The Labute approximate surface area is 125 Å². The van der Waals surface area contributed by atoms with Crippen molar-refractivity contribution in [2.75, 3.05) is 13.6 Å². The highest BCUT2D eigenvalue weighted by Crippen LogP contribution is 2.28. The number of hydrogen-bond donors (Lipinski definition) is 0. The minimum atomic E-state index is 0.849. The van der Waals surface area contributed by atoms with Crippen LogP contribution in [-0.4, -0.2) is 29.3 Å². The van der Waals surface area contributed by atoms with Gasteiger partial charge in [-0.3, -0.25) is 0 Å². The molecule has 0 aliphatic carbocycles. The monoisotopic (exact) mass is 335 g/mol. The zero-order chi connectivity index (χ0) is 13.2. The summed E-state index contributed by atoms with van der Waals surface area (Å²) in [5, 5.41) is 2.92. The van der Waals surface area contributed by atoms with Crippen LogP contribution in [0.5, 0.6) is 0 Å². The van der Waals surface area contributed by atoms with Gasteiger partial charge in [0.1, 0.15) is 5.84 Å². The molecule has 1 aliphatic heterocycles. The molecule has 0 saturated carbocycles. The lowest BCUT2D eigenvalue weighted by Crippen LogP contribution is -2.18. The second-order valence-electron chi connectivity index (χ2n) is 4.58. The predicted octanol–water partition coefficient (Wildman–Crippen LogP) is 4.33. The third-order valence-electron chi connectivity index (χ3n) is 3.19. The number of thiazole rings is 1. The van der Waals surface area contributed by atoms with E-state index in [9.17, 15) is 0 Å². The van der Waals surface area contributed by atoms with Crippen molar-refractivity contribution in [1.82, 2.24) is 9.88 Å². The van der Waals surface area contributed by atoms with Gasteiger partial charge in [-0.15, -0.1) is 11.3 Å². The fraction of sp³-hybridized carbons (Fsp3) is 0.286. The minimum Gasteiger partial charge on any atom is -0.363 e. The Balaban J connectivity index is 1.85. The van der Waals surface area contributed by atoms with Crippen LogP contribution in [-0.2, 0) is 0 Å². The van der Waals surface area contributed by atoms with Gasteiger partial charge in [-0.05, 0) is 18.6 Å². The molecule has 0 bridgehead atoms. The van der Waals surface area contributed by atoms with Gasteiger partial charge in [0.05, 0.1) is 5.69 Å². The fourth-order valence-corrected chi connectivity index (χ4v) is 3.09. The van der Waals surface area contributed by atoms with E-state index in [0.717, 1.165) is 39.7 Å². The van der Waals surface area contributed by atoms with Gasteiger partial charge in [0.25, 0.3) is 0 Å².